The van der Waals surface area contributed by atoms with Crippen molar-refractivity contribution >= 4 is 11.9 Å². The van der Waals surface area contributed by atoms with Gasteiger partial charge in [-0.1, -0.05) is 31.0 Å². The fourth-order valence-corrected chi connectivity index (χ4v) is 3.30. The number of carbonyl (C=O) groups excluding carboxylic acids is 1. The van der Waals surface area contributed by atoms with Crippen molar-refractivity contribution in [2.45, 2.75) is 32.1 Å². The lowest BCUT2D eigenvalue weighted by Crippen LogP contribution is -2.37. The zero-order chi connectivity index (χ0) is 18.1. The van der Waals surface area contributed by atoms with Gasteiger partial charge in [0.2, 0.25) is 0 Å². The van der Waals surface area contributed by atoms with Crippen LogP contribution in [0.2, 0.25) is 0 Å². The molecule has 1 N–H and O–H groups in total. The number of hydrogen-bond donors (Lipinski definition) is 1. The van der Waals surface area contributed by atoms with Crippen molar-refractivity contribution in [3.8, 4) is 5.75 Å². The predicted octanol–water partition coefficient (Wildman–Crippen LogP) is 2.91. The first-order valence-corrected chi connectivity index (χ1v) is 8.64. The molecule has 0 spiro atoms. The number of benzene rings is 1. The van der Waals surface area contributed by atoms with Crippen molar-refractivity contribution in [1.82, 2.24) is 0 Å². The SMILES string of the molecule is COCCOCC(CC1(C(=O)Oc2ccccc2)CCCC1)C(=O)O. The summed E-state index contributed by atoms with van der Waals surface area (Å²) in [6, 6.07) is 8.90. The minimum atomic E-state index is -0.948. The molecule has 0 heterocycles. The van der Waals surface area contributed by atoms with Gasteiger partial charge in [-0.05, 0) is 31.4 Å². The molecule has 2 rings (SSSR count). The lowest BCUT2D eigenvalue weighted by Gasteiger charge is -2.29. The van der Waals surface area contributed by atoms with Gasteiger partial charge in [0.15, 0.2) is 0 Å². The molecule has 1 saturated carbocycles. The highest BCUT2D eigenvalue weighted by atomic mass is 16.5. The van der Waals surface area contributed by atoms with E-state index in [0.717, 1.165) is 12.8 Å². The maximum absolute atomic E-state index is 12.8. The van der Waals surface area contributed by atoms with Crippen molar-refractivity contribution in [3.63, 3.8) is 0 Å². The Kier molecular flexibility index (Phi) is 7.40. The summed E-state index contributed by atoms with van der Waals surface area (Å²) in [6.45, 7) is 0.814. The molecular formula is C19H26O6. The second-order valence-corrected chi connectivity index (χ2v) is 6.50. The molecule has 0 saturated heterocycles. The van der Waals surface area contributed by atoms with Gasteiger partial charge in [-0.25, -0.2) is 0 Å². The van der Waals surface area contributed by atoms with E-state index in [0.29, 0.717) is 31.8 Å². The summed E-state index contributed by atoms with van der Waals surface area (Å²) in [4.78, 5) is 24.4. The van der Waals surface area contributed by atoms with Gasteiger partial charge in [-0.3, -0.25) is 9.59 Å². The molecule has 0 aromatic heterocycles. The Morgan fingerprint density at radius 1 is 1.16 bits per heavy atom. The minimum Gasteiger partial charge on any atom is -0.481 e. The van der Waals surface area contributed by atoms with E-state index in [4.69, 9.17) is 14.2 Å². The largest absolute Gasteiger partial charge is 0.481 e. The van der Waals surface area contributed by atoms with Gasteiger partial charge >= 0.3 is 11.9 Å². The van der Waals surface area contributed by atoms with Crippen molar-refractivity contribution in [2.75, 3.05) is 26.9 Å². The van der Waals surface area contributed by atoms with E-state index < -0.39 is 17.3 Å². The van der Waals surface area contributed by atoms with Gasteiger partial charge in [-0.15, -0.1) is 0 Å². The Labute approximate surface area is 148 Å². The topological polar surface area (TPSA) is 82.1 Å². The maximum atomic E-state index is 12.8. The summed E-state index contributed by atoms with van der Waals surface area (Å²) in [7, 11) is 1.56. The summed E-state index contributed by atoms with van der Waals surface area (Å²) in [5.41, 5.74) is -0.747. The molecule has 0 bridgehead atoms. The number of hydrogen-bond acceptors (Lipinski definition) is 5. The summed E-state index contributed by atoms with van der Waals surface area (Å²) in [5, 5.41) is 9.51. The van der Waals surface area contributed by atoms with E-state index in [2.05, 4.69) is 0 Å². The number of rotatable bonds is 10. The van der Waals surface area contributed by atoms with Gasteiger partial charge < -0.3 is 19.3 Å². The molecule has 25 heavy (non-hydrogen) atoms. The maximum Gasteiger partial charge on any atom is 0.317 e. The Balaban J connectivity index is 2.03. The highest BCUT2D eigenvalue weighted by Gasteiger charge is 2.45. The molecule has 1 aromatic rings. The third-order valence-corrected chi connectivity index (χ3v) is 4.68. The first kappa shape index (κ1) is 19.4. The van der Waals surface area contributed by atoms with E-state index in [1.165, 1.54) is 0 Å². The standard InChI is InChI=1S/C19H26O6/c1-23-11-12-24-14-15(17(20)21)13-19(9-5-6-10-19)18(22)25-16-7-3-2-4-8-16/h2-4,7-8,15H,5-6,9-14H2,1H3,(H,20,21). The molecule has 1 unspecified atom stereocenters. The second kappa shape index (κ2) is 9.53. The molecule has 1 aromatic carbocycles. The monoisotopic (exact) mass is 350 g/mol. The normalized spacial score (nSPS) is 17.2. The van der Waals surface area contributed by atoms with Crippen LogP contribution in [-0.4, -0.2) is 44.0 Å². The highest BCUT2D eigenvalue weighted by Crippen LogP contribution is 2.44. The minimum absolute atomic E-state index is 0.0685. The molecule has 1 atom stereocenters. The van der Waals surface area contributed by atoms with E-state index in [-0.39, 0.29) is 19.0 Å². The number of carboxylic acids is 1. The van der Waals surface area contributed by atoms with E-state index in [9.17, 15) is 14.7 Å². The fraction of sp³-hybridized carbons (Fsp3) is 0.579. The van der Waals surface area contributed by atoms with Gasteiger partial charge in [0.25, 0.3) is 0 Å². The van der Waals surface area contributed by atoms with Crippen LogP contribution in [0.1, 0.15) is 32.1 Å². The average molecular weight is 350 g/mol. The summed E-state index contributed by atoms with van der Waals surface area (Å²) in [5.74, 6) is -1.53. The van der Waals surface area contributed by atoms with Crippen LogP contribution < -0.4 is 4.74 Å². The molecule has 0 radical (unpaired) electrons. The lowest BCUT2D eigenvalue weighted by molar-refractivity contribution is -0.151. The number of methoxy groups -OCH3 is 1. The third kappa shape index (κ3) is 5.54. The van der Waals surface area contributed by atoms with Crippen LogP contribution in [-0.2, 0) is 19.1 Å². The molecule has 6 nitrogen and oxygen atoms in total. The van der Waals surface area contributed by atoms with Gasteiger partial charge in [0, 0.05) is 7.11 Å². The Hall–Kier alpha value is -1.92. The number of ether oxygens (including phenoxy) is 3. The molecule has 0 aliphatic heterocycles. The van der Waals surface area contributed by atoms with Crippen molar-refractivity contribution < 1.29 is 28.9 Å². The van der Waals surface area contributed by atoms with Gasteiger partial charge in [-0.2, -0.15) is 0 Å². The summed E-state index contributed by atoms with van der Waals surface area (Å²) < 4.78 is 15.8. The Morgan fingerprint density at radius 2 is 1.84 bits per heavy atom. The van der Waals surface area contributed by atoms with E-state index >= 15 is 0 Å². The van der Waals surface area contributed by atoms with Crippen molar-refractivity contribution in [1.29, 1.82) is 0 Å². The number of carbonyl (C=O) groups is 2. The quantitative estimate of drug-likeness (QED) is 0.397. The van der Waals surface area contributed by atoms with Crippen LogP contribution in [0, 0.1) is 11.3 Å². The molecule has 1 aliphatic rings. The number of aliphatic carboxylic acids is 1. The lowest BCUT2D eigenvalue weighted by atomic mass is 9.77. The van der Waals surface area contributed by atoms with Crippen LogP contribution >= 0.6 is 0 Å². The zero-order valence-corrected chi connectivity index (χ0v) is 14.6. The third-order valence-electron chi connectivity index (χ3n) is 4.68. The smallest absolute Gasteiger partial charge is 0.317 e. The molecule has 0 amide bonds. The summed E-state index contributed by atoms with van der Waals surface area (Å²) in [6.07, 6.45) is 3.35. The van der Waals surface area contributed by atoms with E-state index in [1.807, 2.05) is 6.07 Å². The number of carboxylic acid groups (broad SMARTS) is 1. The Bertz CT molecular complexity index is 550. The molecule has 1 fully saturated rings. The first-order chi connectivity index (χ1) is 12.1. The molecule has 6 heteroatoms. The highest BCUT2D eigenvalue weighted by molar-refractivity contribution is 5.81. The summed E-state index contributed by atoms with van der Waals surface area (Å²) >= 11 is 0. The van der Waals surface area contributed by atoms with Crippen LogP contribution in [0.25, 0.3) is 0 Å². The fourth-order valence-electron chi connectivity index (χ4n) is 3.30. The second-order valence-electron chi connectivity index (χ2n) is 6.50. The zero-order valence-electron chi connectivity index (χ0n) is 14.6. The van der Waals surface area contributed by atoms with Crippen LogP contribution in [0.4, 0.5) is 0 Å². The van der Waals surface area contributed by atoms with Crippen LogP contribution in [0.5, 0.6) is 5.75 Å². The van der Waals surface area contributed by atoms with Crippen LogP contribution in [0.3, 0.4) is 0 Å². The van der Waals surface area contributed by atoms with Crippen LogP contribution in [0.15, 0.2) is 30.3 Å². The van der Waals surface area contributed by atoms with E-state index in [1.54, 1.807) is 31.4 Å². The first-order valence-electron chi connectivity index (χ1n) is 8.64. The van der Waals surface area contributed by atoms with Crippen molar-refractivity contribution in [3.05, 3.63) is 30.3 Å². The Morgan fingerprint density at radius 3 is 2.44 bits per heavy atom. The molecule has 1 aliphatic carbocycles. The molecule has 138 valence electrons. The predicted molar refractivity (Wildman–Crippen MR) is 91.4 cm³/mol. The average Bonchev–Trinajstić information content (AvgIpc) is 3.08. The van der Waals surface area contributed by atoms with Crippen molar-refractivity contribution in [2.24, 2.45) is 11.3 Å². The number of esters is 1. The van der Waals surface area contributed by atoms with Gasteiger partial charge in [0.1, 0.15) is 5.75 Å². The molecular weight excluding hydrogens is 324 g/mol. The van der Waals surface area contributed by atoms with Gasteiger partial charge in [0.05, 0.1) is 31.2 Å². The number of para-hydroxylation sites is 1.